The van der Waals surface area contributed by atoms with Gasteiger partial charge in [0.15, 0.2) is 0 Å². The standard InChI is InChI=1S/C23H33NO3/c1-14(24-26)19-7-8-20-18-6-5-16-13-17(27-15(2)25)9-11-22(16,3)21(18)10-12-23(19,20)4/h5,7,17-18,20-21,26H,6,8-13H2,1-4H3/b24-14+/t17-,18?,20?,21?,22-,23+/m0/s1. The Kier molecular flexibility index (Phi) is 4.51. The van der Waals surface area contributed by atoms with Gasteiger partial charge >= 0.3 is 5.97 Å². The molecule has 1 N–H and O–H groups in total. The van der Waals surface area contributed by atoms with Gasteiger partial charge in [-0.2, -0.15) is 0 Å². The molecule has 0 saturated heterocycles. The molecule has 0 spiro atoms. The molecule has 2 saturated carbocycles. The lowest BCUT2D eigenvalue weighted by molar-refractivity contribution is -0.148. The van der Waals surface area contributed by atoms with Gasteiger partial charge in [0.1, 0.15) is 6.10 Å². The van der Waals surface area contributed by atoms with Crippen LogP contribution in [0.2, 0.25) is 0 Å². The Hall–Kier alpha value is -1.58. The van der Waals surface area contributed by atoms with Gasteiger partial charge in [-0.15, -0.1) is 0 Å². The van der Waals surface area contributed by atoms with E-state index < -0.39 is 0 Å². The van der Waals surface area contributed by atoms with E-state index in [1.54, 1.807) is 0 Å². The number of ether oxygens (including phenoxy) is 1. The van der Waals surface area contributed by atoms with Crippen molar-refractivity contribution in [1.82, 2.24) is 0 Å². The molecule has 4 aliphatic rings. The second kappa shape index (κ2) is 6.49. The Balaban J connectivity index is 1.59. The molecule has 27 heavy (non-hydrogen) atoms. The van der Waals surface area contributed by atoms with Crippen molar-refractivity contribution in [3.8, 4) is 0 Å². The predicted molar refractivity (Wildman–Crippen MR) is 106 cm³/mol. The molecular formula is C23H33NO3. The van der Waals surface area contributed by atoms with E-state index in [9.17, 15) is 10.0 Å². The van der Waals surface area contributed by atoms with Crippen molar-refractivity contribution in [2.24, 2.45) is 33.7 Å². The van der Waals surface area contributed by atoms with Gasteiger partial charge in [-0.25, -0.2) is 0 Å². The Morgan fingerprint density at radius 2 is 1.85 bits per heavy atom. The number of allylic oxidation sites excluding steroid dienone is 3. The molecule has 4 heteroatoms. The first-order chi connectivity index (χ1) is 12.8. The fraction of sp³-hybridized carbons (Fsp3) is 0.739. The third-order valence-electron chi connectivity index (χ3n) is 8.51. The lowest BCUT2D eigenvalue weighted by Gasteiger charge is -2.57. The third kappa shape index (κ3) is 2.78. The van der Waals surface area contributed by atoms with Crippen molar-refractivity contribution >= 4 is 11.7 Å². The maximum absolute atomic E-state index is 11.4. The number of hydrogen-bond donors (Lipinski definition) is 1. The Morgan fingerprint density at radius 1 is 1.11 bits per heavy atom. The average molecular weight is 372 g/mol. The van der Waals surface area contributed by atoms with Crippen LogP contribution < -0.4 is 0 Å². The Morgan fingerprint density at radius 3 is 2.56 bits per heavy atom. The van der Waals surface area contributed by atoms with Gasteiger partial charge in [-0.05, 0) is 79.6 Å². The minimum absolute atomic E-state index is 0.0652. The number of carbonyl (C=O) groups is 1. The number of carbonyl (C=O) groups excluding carboxylic acids is 1. The maximum Gasteiger partial charge on any atom is 0.302 e. The molecular weight excluding hydrogens is 338 g/mol. The molecule has 0 radical (unpaired) electrons. The summed E-state index contributed by atoms with van der Waals surface area (Å²) < 4.78 is 5.53. The van der Waals surface area contributed by atoms with Gasteiger partial charge in [0.25, 0.3) is 0 Å². The molecule has 0 amide bonds. The van der Waals surface area contributed by atoms with Crippen LogP contribution in [0.4, 0.5) is 0 Å². The molecule has 2 fully saturated rings. The Bertz CT molecular complexity index is 736. The molecule has 0 heterocycles. The van der Waals surface area contributed by atoms with E-state index in [4.69, 9.17) is 4.74 Å². The van der Waals surface area contributed by atoms with Crippen LogP contribution in [0.25, 0.3) is 0 Å². The number of oxime groups is 1. The highest BCUT2D eigenvalue weighted by atomic mass is 16.5. The average Bonchev–Trinajstić information content (AvgIpc) is 2.98. The zero-order valence-corrected chi connectivity index (χ0v) is 17.1. The van der Waals surface area contributed by atoms with Crippen LogP contribution in [0, 0.1) is 28.6 Å². The monoisotopic (exact) mass is 371 g/mol. The molecule has 6 atom stereocenters. The summed E-state index contributed by atoms with van der Waals surface area (Å²) in [6.45, 7) is 8.30. The van der Waals surface area contributed by atoms with Crippen LogP contribution in [0.15, 0.2) is 28.5 Å². The van der Waals surface area contributed by atoms with Gasteiger partial charge in [0, 0.05) is 13.3 Å². The molecule has 0 aromatic heterocycles. The summed E-state index contributed by atoms with van der Waals surface area (Å²) in [6.07, 6.45) is 12.6. The van der Waals surface area contributed by atoms with Crippen LogP contribution in [0.5, 0.6) is 0 Å². The highest BCUT2D eigenvalue weighted by Gasteiger charge is 2.57. The maximum atomic E-state index is 11.4. The SMILES string of the molecule is CC(=O)O[C@H]1CC[C@@]2(C)C(=CCC3C2CC[C@]2(C)C(/C(C)=N/O)=CCC32)C1. The fourth-order valence-corrected chi connectivity index (χ4v) is 7.14. The minimum atomic E-state index is -0.156. The Labute approximate surface area is 162 Å². The van der Waals surface area contributed by atoms with Crippen LogP contribution in [-0.2, 0) is 9.53 Å². The molecule has 0 aliphatic heterocycles. The summed E-state index contributed by atoms with van der Waals surface area (Å²) in [6, 6.07) is 0. The van der Waals surface area contributed by atoms with Crippen molar-refractivity contribution in [3.63, 3.8) is 0 Å². The van der Waals surface area contributed by atoms with Crippen LogP contribution in [-0.4, -0.2) is 23.0 Å². The molecule has 4 aliphatic carbocycles. The normalized spacial score (nSPS) is 43.8. The molecule has 4 rings (SSSR count). The van der Waals surface area contributed by atoms with Crippen molar-refractivity contribution in [3.05, 3.63) is 23.3 Å². The number of fused-ring (bicyclic) bond motifs is 5. The number of hydrogen-bond acceptors (Lipinski definition) is 4. The molecule has 148 valence electrons. The van der Waals surface area contributed by atoms with E-state index in [2.05, 4.69) is 31.2 Å². The lowest BCUT2D eigenvalue weighted by Crippen LogP contribution is -2.50. The van der Waals surface area contributed by atoms with Crippen molar-refractivity contribution < 1.29 is 14.7 Å². The largest absolute Gasteiger partial charge is 0.462 e. The third-order valence-corrected chi connectivity index (χ3v) is 8.51. The van der Waals surface area contributed by atoms with E-state index in [0.717, 1.165) is 37.8 Å². The first-order valence-electron chi connectivity index (χ1n) is 10.6. The molecule has 0 bridgehead atoms. The number of rotatable bonds is 2. The minimum Gasteiger partial charge on any atom is -0.462 e. The second-order valence-electron chi connectivity index (χ2n) is 9.73. The quantitative estimate of drug-likeness (QED) is 0.237. The van der Waals surface area contributed by atoms with Crippen molar-refractivity contribution in [2.45, 2.75) is 78.7 Å². The number of esters is 1. The van der Waals surface area contributed by atoms with E-state index in [1.807, 2.05) is 6.92 Å². The van der Waals surface area contributed by atoms with Crippen LogP contribution >= 0.6 is 0 Å². The molecule has 0 aromatic rings. The smallest absolute Gasteiger partial charge is 0.302 e. The van der Waals surface area contributed by atoms with Gasteiger partial charge < -0.3 is 9.94 Å². The van der Waals surface area contributed by atoms with Crippen molar-refractivity contribution in [2.75, 3.05) is 0 Å². The first kappa shape index (κ1) is 18.8. The molecule has 0 aromatic carbocycles. The first-order valence-corrected chi connectivity index (χ1v) is 10.6. The van der Waals surface area contributed by atoms with Crippen LogP contribution in [0.1, 0.15) is 72.6 Å². The zero-order valence-electron chi connectivity index (χ0n) is 17.1. The summed E-state index contributed by atoms with van der Waals surface area (Å²) in [5.74, 6) is 1.90. The van der Waals surface area contributed by atoms with Gasteiger partial charge in [-0.1, -0.05) is 36.7 Å². The van der Waals surface area contributed by atoms with Crippen LogP contribution in [0.3, 0.4) is 0 Å². The zero-order chi connectivity index (χ0) is 19.4. The second-order valence-corrected chi connectivity index (χ2v) is 9.73. The number of nitrogens with zero attached hydrogens (tertiary/aromatic N) is 1. The van der Waals surface area contributed by atoms with Gasteiger partial charge in [0.05, 0.1) is 5.71 Å². The fourth-order valence-electron chi connectivity index (χ4n) is 7.14. The lowest BCUT2D eigenvalue weighted by atomic mass is 9.47. The topological polar surface area (TPSA) is 58.9 Å². The van der Waals surface area contributed by atoms with Gasteiger partial charge in [-0.3, -0.25) is 4.79 Å². The van der Waals surface area contributed by atoms with E-state index in [0.29, 0.717) is 17.8 Å². The predicted octanol–water partition coefficient (Wildman–Crippen LogP) is 5.27. The summed E-state index contributed by atoms with van der Waals surface area (Å²) >= 11 is 0. The van der Waals surface area contributed by atoms with Crippen molar-refractivity contribution in [1.29, 1.82) is 0 Å². The van der Waals surface area contributed by atoms with E-state index in [-0.39, 0.29) is 22.9 Å². The van der Waals surface area contributed by atoms with E-state index >= 15 is 0 Å². The summed E-state index contributed by atoms with van der Waals surface area (Å²) in [7, 11) is 0. The summed E-state index contributed by atoms with van der Waals surface area (Å²) in [4.78, 5) is 11.4. The summed E-state index contributed by atoms with van der Waals surface area (Å²) in [5, 5.41) is 12.8. The molecule has 3 unspecified atom stereocenters. The van der Waals surface area contributed by atoms with Gasteiger partial charge in [0.2, 0.25) is 0 Å². The van der Waals surface area contributed by atoms with E-state index in [1.165, 1.54) is 30.9 Å². The highest BCUT2D eigenvalue weighted by molar-refractivity contribution is 5.99. The molecule has 4 nitrogen and oxygen atoms in total. The summed E-state index contributed by atoms with van der Waals surface area (Å²) in [5.41, 5.74) is 3.99. The highest BCUT2D eigenvalue weighted by Crippen LogP contribution is 2.65.